The van der Waals surface area contributed by atoms with E-state index in [0.717, 1.165) is 22.2 Å². The van der Waals surface area contributed by atoms with Crippen molar-refractivity contribution >= 4 is 10.9 Å². The Kier molecular flexibility index (Phi) is 2.35. The molecule has 2 nitrogen and oxygen atoms in total. The van der Waals surface area contributed by atoms with Crippen LogP contribution in [0.5, 0.6) is 0 Å². The third kappa shape index (κ3) is 1.56. The van der Waals surface area contributed by atoms with E-state index in [9.17, 15) is 9.65 Å². The highest BCUT2D eigenvalue weighted by Crippen LogP contribution is 2.27. The van der Waals surface area contributed by atoms with Gasteiger partial charge in [0.2, 0.25) is 0 Å². The fourth-order valence-electron chi connectivity index (χ4n) is 2.12. The molecule has 0 aliphatic heterocycles. The largest absolute Gasteiger partial charge is 0.247 e. The average molecular weight is 236 g/mol. The van der Waals surface area contributed by atoms with Crippen molar-refractivity contribution in [1.29, 1.82) is 5.26 Å². The van der Waals surface area contributed by atoms with Gasteiger partial charge < -0.3 is 0 Å². The number of rotatable bonds is 1. The van der Waals surface area contributed by atoms with E-state index in [1.54, 1.807) is 6.07 Å². The molecule has 0 amide bonds. The third-order valence-electron chi connectivity index (χ3n) is 2.93. The number of nitrogens with zero attached hydrogens (tertiary/aromatic N) is 2. The van der Waals surface area contributed by atoms with Gasteiger partial charge in [-0.25, -0.2) is 8.96 Å². The average Bonchev–Trinajstić information content (AvgIpc) is 2.77. The summed E-state index contributed by atoms with van der Waals surface area (Å²) in [6.45, 7) is 0. The second kappa shape index (κ2) is 4.01. The summed E-state index contributed by atoms with van der Waals surface area (Å²) in [7, 11) is 0. The fourth-order valence-corrected chi connectivity index (χ4v) is 2.12. The normalized spacial score (nSPS) is 10.4. The standard InChI is InChI=1S/C15H9FN2/c16-13-6-7-14-12(8-13)9-15(18(14)10-17)11-4-2-1-3-5-11/h1-9H. The molecule has 2 aromatic carbocycles. The molecule has 3 aromatic rings. The van der Waals surface area contributed by atoms with E-state index in [0.29, 0.717) is 0 Å². The molecule has 1 heterocycles. The summed E-state index contributed by atoms with van der Waals surface area (Å²) < 4.78 is 14.7. The van der Waals surface area contributed by atoms with Gasteiger partial charge in [0.1, 0.15) is 5.82 Å². The van der Waals surface area contributed by atoms with Gasteiger partial charge in [-0.3, -0.25) is 0 Å². The molecule has 0 saturated carbocycles. The first kappa shape index (κ1) is 10.5. The number of halogens is 1. The van der Waals surface area contributed by atoms with Crippen molar-refractivity contribution < 1.29 is 4.39 Å². The van der Waals surface area contributed by atoms with Crippen LogP contribution in [0.25, 0.3) is 22.2 Å². The molecule has 0 saturated heterocycles. The van der Waals surface area contributed by atoms with Gasteiger partial charge in [-0.05, 0) is 29.8 Å². The van der Waals surface area contributed by atoms with Crippen molar-refractivity contribution in [2.75, 3.05) is 0 Å². The van der Waals surface area contributed by atoms with Crippen LogP contribution in [-0.2, 0) is 0 Å². The molecule has 0 fully saturated rings. The van der Waals surface area contributed by atoms with Gasteiger partial charge >= 0.3 is 0 Å². The zero-order chi connectivity index (χ0) is 12.5. The molecule has 0 N–H and O–H groups in total. The van der Waals surface area contributed by atoms with E-state index in [2.05, 4.69) is 6.19 Å². The number of hydrogen-bond acceptors (Lipinski definition) is 1. The van der Waals surface area contributed by atoms with Crippen LogP contribution >= 0.6 is 0 Å². The van der Waals surface area contributed by atoms with Crippen molar-refractivity contribution in [2.45, 2.75) is 0 Å². The minimum absolute atomic E-state index is 0.294. The van der Waals surface area contributed by atoms with Crippen molar-refractivity contribution in [3.63, 3.8) is 0 Å². The van der Waals surface area contributed by atoms with Crippen LogP contribution in [0.1, 0.15) is 0 Å². The molecular weight excluding hydrogens is 227 g/mol. The van der Waals surface area contributed by atoms with Crippen LogP contribution in [0, 0.1) is 17.3 Å². The van der Waals surface area contributed by atoms with Crippen LogP contribution < -0.4 is 0 Å². The molecule has 0 aliphatic rings. The Morgan fingerprint density at radius 2 is 1.78 bits per heavy atom. The van der Waals surface area contributed by atoms with Crippen LogP contribution in [0.15, 0.2) is 54.6 Å². The van der Waals surface area contributed by atoms with Crippen molar-refractivity contribution in [3.05, 3.63) is 60.4 Å². The fraction of sp³-hybridized carbons (Fsp3) is 0. The van der Waals surface area contributed by atoms with E-state index < -0.39 is 0 Å². The van der Waals surface area contributed by atoms with Crippen LogP contribution in [0.2, 0.25) is 0 Å². The monoisotopic (exact) mass is 236 g/mol. The lowest BCUT2D eigenvalue weighted by atomic mass is 10.1. The number of benzene rings is 2. The minimum atomic E-state index is -0.294. The first-order valence-electron chi connectivity index (χ1n) is 5.56. The molecule has 0 aliphatic carbocycles. The minimum Gasteiger partial charge on any atom is -0.247 e. The molecule has 18 heavy (non-hydrogen) atoms. The number of nitriles is 1. The lowest BCUT2D eigenvalue weighted by Crippen LogP contribution is -1.90. The summed E-state index contributed by atoms with van der Waals surface area (Å²) in [5.41, 5.74) is 2.44. The predicted octanol–water partition coefficient (Wildman–Crippen LogP) is 3.78. The molecule has 0 bridgehead atoms. The van der Waals surface area contributed by atoms with Crippen molar-refractivity contribution in [3.8, 4) is 17.5 Å². The summed E-state index contributed by atoms with van der Waals surface area (Å²) in [6, 6.07) is 15.9. The molecule has 86 valence electrons. The van der Waals surface area contributed by atoms with Crippen LogP contribution in [-0.4, -0.2) is 4.57 Å². The first-order valence-corrected chi connectivity index (χ1v) is 5.56. The van der Waals surface area contributed by atoms with Gasteiger partial charge in [0.25, 0.3) is 0 Å². The Morgan fingerprint density at radius 3 is 2.50 bits per heavy atom. The summed E-state index contributed by atoms with van der Waals surface area (Å²) in [4.78, 5) is 0. The molecule has 0 radical (unpaired) electrons. The maximum Gasteiger partial charge on any atom is 0.189 e. The highest BCUT2D eigenvalue weighted by atomic mass is 19.1. The van der Waals surface area contributed by atoms with Crippen molar-refractivity contribution in [2.24, 2.45) is 0 Å². The Bertz CT molecular complexity index is 751. The Labute approximate surface area is 104 Å². The van der Waals surface area contributed by atoms with Crippen molar-refractivity contribution in [1.82, 2.24) is 4.57 Å². The molecule has 3 heteroatoms. The van der Waals surface area contributed by atoms with Crippen LogP contribution in [0.4, 0.5) is 4.39 Å². The van der Waals surface area contributed by atoms with Gasteiger partial charge in [0, 0.05) is 5.39 Å². The predicted molar refractivity (Wildman–Crippen MR) is 68.3 cm³/mol. The molecule has 0 spiro atoms. The molecule has 0 unspecified atom stereocenters. The molecule has 0 atom stereocenters. The zero-order valence-electron chi connectivity index (χ0n) is 9.47. The first-order chi connectivity index (χ1) is 8.79. The molecule has 3 rings (SSSR count). The summed E-state index contributed by atoms with van der Waals surface area (Å²) in [5.74, 6) is -0.294. The number of hydrogen-bond donors (Lipinski definition) is 0. The smallest absolute Gasteiger partial charge is 0.189 e. The van der Waals surface area contributed by atoms with E-state index in [1.165, 1.54) is 16.7 Å². The highest BCUT2D eigenvalue weighted by molar-refractivity contribution is 5.88. The maximum atomic E-state index is 13.2. The summed E-state index contributed by atoms with van der Waals surface area (Å²) in [6.07, 6.45) is 2.13. The lowest BCUT2D eigenvalue weighted by Gasteiger charge is -2.00. The molecule has 1 aromatic heterocycles. The Morgan fingerprint density at radius 1 is 1.00 bits per heavy atom. The molecular formula is C15H9FN2. The van der Waals surface area contributed by atoms with Gasteiger partial charge in [-0.1, -0.05) is 30.3 Å². The number of aromatic nitrogens is 1. The van der Waals surface area contributed by atoms with Gasteiger partial charge in [-0.2, -0.15) is 5.26 Å². The number of fused-ring (bicyclic) bond motifs is 1. The topological polar surface area (TPSA) is 28.7 Å². The second-order valence-electron chi connectivity index (χ2n) is 4.03. The Hall–Kier alpha value is -2.60. The maximum absolute atomic E-state index is 13.2. The van der Waals surface area contributed by atoms with Gasteiger partial charge in [-0.15, -0.1) is 0 Å². The van der Waals surface area contributed by atoms with E-state index in [1.807, 2.05) is 36.4 Å². The van der Waals surface area contributed by atoms with Gasteiger partial charge in [0.05, 0.1) is 11.2 Å². The zero-order valence-corrected chi connectivity index (χ0v) is 9.47. The highest BCUT2D eigenvalue weighted by Gasteiger charge is 2.10. The second-order valence-corrected chi connectivity index (χ2v) is 4.03. The quantitative estimate of drug-likeness (QED) is 0.632. The SMILES string of the molecule is N#Cn1c(-c2ccccc2)cc2cc(F)ccc21. The lowest BCUT2D eigenvalue weighted by molar-refractivity contribution is 0.629. The van der Waals surface area contributed by atoms with Crippen LogP contribution in [0.3, 0.4) is 0 Å². The van der Waals surface area contributed by atoms with Gasteiger partial charge in [0.15, 0.2) is 6.19 Å². The third-order valence-corrected chi connectivity index (χ3v) is 2.93. The Balaban J connectivity index is 2.34. The van der Waals surface area contributed by atoms with E-state index in [4.69, 9.17) is 0 Å². The van der Waals surface area contributed by atoms with E-state index in [-0.39, 0.29) is 5.82 Å². The summed E-state index contributed by atoms with van der Waals surface area (Å²) in [5, 5.41) is 9.99. The summed E-state index contributed by atoms with van der Waals surface area (Å²) >= 11 is 0. The van der Waals surface area contributed by atoms with E-state index >= 15 is 0 Å².